The van der Waals surface area contributed by atoms with Crippen molar-refractivity contribution in [2.45, 2.75) is 13.0 Å². The second-order valence-corrected chi connectivity index (χ2v) is 1.96. The minimum atomic E-state index is 0.0335. The van der Waals surface area contributed by atoms with Crippen molar-refractivity contribution in [1.82, 2.24) is 9.97 Å². The highest BCUT2D eigenvalue weighted by Gasteiger charge is 1.95. The molecule has 1 heterocycles. The van der Waals surface area contributed by atoms with Crippen LogP contribution in [0.4, 0.5) is 0 Å². The molecule has 1 aromatic heterocycles. The van der Waals surface area contributed by atoms with Crippen LogP contribution in [0.2, 0.25) is 0 Å². The molecule has 0 aliphatic carbocycles. The highest BCUT2D eigenvalue weighted by molar-refractivity contribution is 5.06. The first-order valence-electron chi connectivity index (χ1n) is 2.81. The van der Waals surface area contributed by atoms with E-state index in [0.29, 0.717) is 0 Å². The van der Waals surface area contributed by atoms with E-state index in [-0.39, 0.29) is 6.04 Å². The van der Waals surface area contributed by atoms with Crippen molar-refractivity contribution in [1.29, 1.82) is 0 Å². The molecule has 0 aliphatic heterocycles. The van der Waals surface area contributed by atoms with Crippen LogP contribution in [0.5, 0.6) is 0 Å². The molecule has 0 saturated carbocycles. The average molecular weight is 123 g/mol. The molecule has 0 bridgehead atoms. The van der Waals surface area contributed by atoms with Gasteiger partial charge in [-0.25, -0.2) is 9.97 Å². The molecule has 0 aromatic carbocycles. The lowest BCUT2D eigenvalue weighted by atomic mass is 10.2. The van der Waals surface area contributed by atoms with Crippen LogP contribution in [0.25, 0.3) is 0 Å². The molecule has 1 unspecified atom stereocenters. The van der Waals surface area contributed by atoms with Crippen molar-refractivity contribution in [3.8, 4) is 0 Å². The SMILES string of the molecule is CC(N)c1cncnc1. The zero-order valence-electron chi connectivity index (χ0n) is 5.28. The third-order valence-corrected chi connectivity index (χ3v) is 1.11. The van der Waals surface area contributed by atoms with E-state index in [2.05, 4.69) is 9.97 Å². The Morgan fingerprint density at radius 1 is 1.44 bits per heavy atom. The van der Waals surface area contributed by atoms with Crippen molar-refractivity contribution >= 4 is 0 Å². The standard InChI is InChI=1S/C6H9N3/c1-5(7)6-2-8-4-9-3-6/h2-5H,7H2,1H3. The Labute approximate surface area is 53.9 Å². The summed E-state index contributed by atoms with van der Waals surface area (Å²) in [6.07, 6.45) is 4.93. The van der Waals surface area contributed by atoms with Crippen molar-refractivity contribution in [2.24, 2.45) is 5.73 Å². The molecule has 0 radical (unpaired) electrons. The molecule has 1 aromatic rings. The van der Waals surface area contributed by atoms with E-state index in [4.69, 9.17) is 5.73 Å². The Morgan fingerprint density at radius 3 is 2.33 bits per heavy atom. The van der Waals surface area contributed by atoms with Crippen molar-refractivity contribution in [2.75, 3.05) is 0 Å². The molecule has 48 valence electrons. The number of rotatable bonds is 1. The van der Waals surface area contributed by atoms with E-state index in [1.807, 2.05) is 6.92 Å². The second-order valence-electron chi connectivity index (χ2n) is 1.96. The monoisotopic (exact) mass is 123 g/mol. The summed E-state index contributed by atoms with van der Waals surface area (Å²) in [6, 6.07) is 0.0335. The number of nitrogens with two attached hydrogens (primary N) is 1. The van der Waals surface area contributed by atoms with Crippen molar-refractivity contribution in [3.05, 3.63) is 24.3 Å². The molecule has 9 heavy (non-hydrogen) atoms. The van der Waals surface area contributed by atoms with E-state index in [1.165, 1.54) is 6.33 Å². The van der Waals surface area contributed by atoms with Gasteiger partial charge in [0.15, 0.2) is 0 Å². The number of hydrogen-bond donors (Lipinski definition) is 1. The predicted molar refractivity (Wildman–Crippen MR) is 34.6 cm³/mol. The largest absolute Gasteiger partial charge is 0.324 e. The first kappa shape index (κ1) is 6.16. The Kier molecular flexibility index (Phi) is 1.75. The van der Waals surface area contributed by atoms with Crippen LogP contribution in [-0.4, -0.2) is 9.97 Å². The summed E-state index contributed by atoms with van der Waals surface area (Å²) in [5, 5.41) is 0. The Hall–Kier alpha value is -0.960. The van der Waals surface area contributed by atoms with Crippen LogP contribution in [0.15, 0.2) is 18.7 Å². The Morgan fingerprint density at radius 2 is 2.00 bits per heavy atom. The quantitative estimate of drug-likeness (QED) is 0.591. The molecule has 0 saturated heterocycles. The Bertz CT molecular complexity index is 171. The summed E-state index contributed by atoms with van der Waals surface area (Å²) in [7, 11) is 0. The van der Waals surface area contributed by atoms with Gasteiger partial charge >= 0.3 is 0 Å². The summed E-state index contributed by atoms with van der Waals surface area (Å²) in [5.41, 5.74) is 6.50. The fourth-order valence-electron chi connectivity index (χ4n) is 0.546. The third-order valence-electron chi connectivity index (χ3n) is 1.11. The third kappa shape index (κ3) is 1.47. The molecule has 0 aliphatic rings. The highest BCUT2D eigenvalue weighted by Crippen LogP contribution is 2.02. The summed E-state index contributed by atoms with van der Waals surface area (Å²) in [4.78, 5) is 7.63. The minimum absolute atomic E-state index is 0.0335. The smallest absolute Gasteiger partial charge is 0.115 e. The maximum absolute atomic E-state index is 5.53. The maximum atomic E-state index is 5.53. The molecular weight excluding hydrogens is 114 g/mol. The van der Waals surface area contributed by atoms with E-state index in [1.54, 1.807) is 12.4 Å². The fraction of sp³-hybridized carbons (Fsp3) is 0.333. The van der Waals surface area contributed by atoms with Gasteiger partial charge < -0.3 is 5.73 Å². The molecule has 3 heteroatoms. The van der Waals surface area contributed by atoms with Gasteiger partial charge in [-0.2, -0.15) is 0 Å². The van der Waals surface area contributed by atoms with Crippen molar-refractivity contribution < 1.29 is 0 Å². The molecule has 1 atom stereocenters. The summed E-state index contributed by atoms with van der Waals surface area (Å²) >= 11 is 0. The molecule has 0 amide bonds. The van der Waals surface area contributed by atoms with Crippen LogP contribution in [0.3, 0.4) is 0 Å². The van der Waals surface area contributed by atoms with Gasteiger partial charge in [-0.05, 0) is 6.92 Å². The zero-order valence-corrected chi connectivity index (χ0v) is 5.28. The fourth-order valence-corrected chi connectivity index (χ4v) is 0.546. The topological polar surface area (TPSA) is 51.8 Å². The maximum Gasteiger partial charge on any atom is 0.115 e. The Balaban J connectivity index is 2.85. The van der Waals surface area contributed by atoms with Crippen molar-refractivity contribution in [3.63, 3.8) is 0 Å². The summed E-state index contributed by atoms with van der Waals surface area (Å²) in [5.74, 6) is 0. The summed E-state index contributed by atoms with van der Waals surface area (Å²) in [6.45, 7) is 1.90. The first-order valence-corrected chi connectivity index (χ1v) is 2.81. The lowest BCUT2D eigenvalue weighted by Gasteiger charge is -2.00. The highest BCUT2D eigenvalue weighted by atomic mass is 14.8. The van der Waals surface area contributed by atoms with Crippen LogP contribution in [0.1, 0.15) is 18.5 Å². The van der Waals surface area contributed by atoms with Gasteiger partial charge in [-0.3, -0.25) is 0 Å². The van der Waals surface area contributed by atoms with Crippen LogP contribution in [-0.2, 0) is 0 Å². The summed E-state index contributed by atoms with van der Waals surface area (Å²) < 4.78 is 0. The first-order chi connectivity index (χ1) is 4.30. The molecule has 0 fully saturated rings. The molecule has 1 rings (SSSR count). The van der Waals surface area contributed by atoms with Gasteiger partial charge in [0.25, 0.3) is 0 Å². The number of aromatic nitrogens is 2. The van der Waals surface area contributed by atoms with E-state index < -0.39 is 0 Å². The normalized spacial score (nSPS) is 13.1. The number of hydrogen-bond acceptors (Lipinski definition) is 3. The zero-order chi connectivity index (χ0) is 6.69. The van der Waals surface area contributed by atoms with E-state index >= 15 is 0 Å². The van der Waals surface area contributed by atoms with E-state index in [0.717, 1.165) is 5.56 Å². The minimum Gasteiger partial charge on any atom is -0.324 e. The predicted octanol–water partition coefficient (Wildman–Crippen LogP) is 0.496. The molecule has 0 spiro atoms. The van der Waals surface area contributed by atoms with Gasteiger partial charge in [0.05, 0.1) is 0 Å². The van der Waals surface area contributed by atoms with Gasteiger partial charge in [0.1, 0.15) is 6.33 Å². The molecular formula is C6H9N3. The van der Waals surface area contributed by atoms with Gasteiger partial charge in [0, 0.05) is 24.0 Å². The van der Waals surface area contributed by atoms with Gasteiger partial charge in [0.2, 0.25) is 0 Å². The lowest BCUT2D eigenvalue weighted by molar-refractivity contribution is 0.802. The molecule has 2 N–H and O–H groups in total. The van der Waals surface area contributed by atoms with Crippen LogP contribution >= 0.6 is 0 Å². The van der Waals surface area contributed by atoms with Gasteiger partial charge in [-0.15, -0.1) is 0 Å². The van der Waals surface area contributed by atoms with Crippen LogP contribution < -0.4 is 5.73 Å². The van der Waals surface area contributed by atoms with Crippen LogP contribution in [0, 0.1) is 0 Å². The molecule has 3 nitrogen and oxygen atoms in total. The van der Waals surface area contributed by atoms with E-state index in [9.17, 15) is 0 Å². The lowest BCUT2D eigenvalue weighted by Crippen LogP contribution is -2.05. The number of nitrogens with zero attached hydrogens (tertiary/aromatic N) is 2. The average Bonchev–Trinajstić information content (AvgIpc) is 1.90. The van der Waals surface area contributed by atoms with Gasteiger partial charge in [-0.1, -0.05) is 0 Å². The second kappa shape index (κ2) is 2.55.